The number of amides is 1. The van der Waals surface area contributed by atoms with E-state index in [1.54, 1.807) is 4.90 Å². The molecule has 1 fully saturated rings. The highest BCUT2D eigenvalue weighted by Crippen LogP contribution is 2.14. The van der Waals surface area contributed by atoms with E-state index < -0.39 is 5.60 Å². The predicted octanol–water partition coefficient (Wildman–Crippen LogP) is 0.720. The van der Waals surface area contributed by atoms with E-state index in [0.29, 0.717) is 13.1 Å². The van der Waals surface area contributed by atoms with Gasteiger partial charge in [0.2, 0.25) is 0 Å². The van der Waals surface area contributed by atoms with Crippen LogP contribution in [0.1, 0.15) is 27.2 Å². The van der Waals surface area contributed by atoms with Crippen LogP contribution in [0.5, 0.6) is 0 Å². The molecule has 1 rings (SSSR count). The summed E-state index contributed by atoms with van der Waals surface area (Å²) in [5, 5.41) is 7.44. The summed E-state index contributed by atoms with van der Waals surface area (Å²) in [5.41, 5.74) is -0.433. The molecule has 0 bridgehead atoms. The number of carbonyl (C=O) groups is 1. The molecule has 1 unspecified atom stereocenters. The van der Waals surface area contributed by atoms with E-state index >= 15 is 0 Å². The number of likely N-dealkylation sites (tertiary alicyclic amines) is 1. The van der Waals surface area contributed by atoms with Crippen molar-refractivity contribution in [2.24, 2.45) is 0 Å². The van der Waals surface area contributed by atoms with Crippen LogP contribution in [-0.4, -0.2) is 40.9 Å². The fourth-order valence-corrected chi connectivity index (χ4v) is 1.25. The lowest BCUT2D eigenvalue weighted by Crippen LogP contribution is -2.35. The third-order valence-electron chi connectivity index (χ3n) is 1.84. The van der Waals surface area contributed by atoms with Crippen LogP contribution in [0.4, 0.5) is 4.79 Å². The average Bonchev–Trinajstić information content (AvgIpc) is 2.31. The van der Waals surface area contributed by atoms with Crippen LogP contribution in [0, 0.1) is 0 Å². The van der Waals surface area contributed by atoms with E-state index in [4.69, 9.17) is 9.84 Å². The van der Waals surface area contributed by atoms with Gasteiger partial charge in [-0.3, -0.25) is 4.90 Å². The molecule has 0 radical (unpaired) electrons. The highest BCUT2D eigenvalue weighted by Gasteiger charge is 2.30. The molecule has 1 aliphatic heterocycles. The molecule has 1 saturated heterocycles. The lowest BCUT2D eigenvalue weighted by molar-refractivity contribution is 0.0270. The van der Waals surface area contributed by atoms with Crippen molar-refractivity contribution in [3.8, 4) is 0 Å². The summed E-state index contributed by atoms with van der Waals surface area (Å²) in [4.78, 5) is 13.0. The highest BCUT2D eigenvalue weighted by molar-refractivity contribution is 5.68. The number of carbonyl (C=O) groups excluding carboxylic acids is 1. The van der Waals surface area contributed by atoms with E-state index in [1.807, 2.05) is 20.8 Å². The summed E-state index contributed by atoms with van der Waals surface area (Å²) in [6.07, 6.45) is 0.342. The first kappa shape index (κ1) is 10.3. The summed E-state index contributed by atoms with van der Waals surface area (Å²) in [5.74, 6) is 0. The molecule has 1 aliphatic rings. The molecule has 0 aliphatic carbocycles. The fourth-order valence-electron chi connectivity index (χ4n) is 1.25. The highest BCUT2D eigenvalue weighted by atomic mass is 16.6. The first-order valence-corrected chi connectivity index (χ1v) is 4.57. The fraction of sp³-hybridized carbons (Fsp3) is 0.889. The molecule has 0 saturated carbocycles. The van der Waals surface area contributed by atoms with Gasteiger partial charge in [0.1, 0.15) is 5.60 Å². The molecule has 1 atom stereocenters. The Morgan fingerprint density at radius 3 is 2.54 bits per heavy atom. The van der Waals surface area contributed by atoms with Gasteiger partial charge in [0.25, 0.3) is 0 Å². The van der Waals surface area contributed by atoms with Crippen LogP contribution in [0.15, 0.2) is 0 Å². The standard InChI is InChI=1S/C9H17NO3/c1-9(2,3)13-8(12)10-5-4-7(11)6-10/h7,11H,4-6H2,1-3H3/p+1. The van der Waals surface area contributed by atoms with Crippen molar-refractivity contribution in [1.29, 1.82) is 0 Å². The second-order valence-electron chi connectivity index (χ2n) is 4.41. The van der Waals surface area contributed by atoms with Crippen LogP contribution in [-0.2, 0) is 4.74 Å². The Balaban J connectivity index is 2.41. The van der Waals surface area contributed by atoms with Gasteiger partial charge in [-0.2, -0.15) is 0 Å². The molecule has 4 heteroatoms. The van der Waals surface area contributed by atoms with Crippen LogP contribution in [0.3, 0.4) is 0 Å². The van der Waals surface area contributed by atoms with Crippen LogP contribution >= 0.6 is 0 Å². The SMILES string of the molecule is CC(C)(C)OC(=O)N1CCC([OH2+])C1. The normalized spacial score (nSPS) is 23.4. The lowest BCUT2D eigenvalue weighted by atomic mass is 10.2. The number of ether oxygens (including phenoxy) is 1. The molecule has 0 spiro atoms. The van der Waals surface area contributed by atoms with Crippen molar-refractivity contribution in [3.05, 3.63) is 0 Å². The number of rotatable bonds is 0. The maximum atomic E-state index is 11.4. The third-order valence-corrected chi connectivity index (χ3v) is 1.84. The number of hydrogen-bond acceptors (Lipinski definition) is 2. The molecule has 0 aromatic carbocycles. The monoisotopic (exact) mass is 188 g/mol. The zero-order chi connectivity index (χ0) is 10.1. The summed E-state index contributed by atoms with van der Waals surface area (Å²) < 4.78 is 5.17. The topological polar surface area (TPSA) is 52.4 Å². The second kappa shape index (κ2) is 3.54. The van der Waals surface area contributed by atoms with Gasteiger partial charge in [0.15, 0.2) is 6.10 Å². The number of nitrogens with zero attached hydrogens (tertiary/aromatic N) is 1. The number of hydrogen-bond donors (Lipinski definition) is 0. The van der Waals surface area contributed by atoms with Gasteiger partial charge in [-0.25, -0.2) is 4.79 Å². The summed E-state index contributed by atoms with van der Waals surface area (Å²) >= 11 is 0. The van der Waals surface area contributed by atoms with E-state index in [2.05, 4.69) is 0 Å². The molecule has 13 heavy (non-hydrogen) atoms. The van der Waals surface area contributed by atoms with Gasteiger partial charge in [0, 0.05) is 13.0 Å². The van der Waals surface area contributed by atoms with E-state index in [0.717, 1.165) is 6.42 Å². The molecule has 2 N–H and O–H groups in total. The molecular weight excluding hydrogens is 170 g/mol. The van der Waals surface area contributed by atoms with E-state index in [-0.39, 0.29) is 12.2 Å². The van der Waals surface area contributed by atoms with Gasteiger partial charge in [-0.1, -0.05) is 0 Å². The quantitative estimate of drug-likeness (QED) is 0.526. The molecule has 76 valence electrons. The van der Waals surface area contributed by atoms with Gasteiger partial charge >= 0.3 is 6.09 Å². The lowest BCUT2D eigenvalue weighted by Gasteiger charge is -2.23. The first-order valence-electron chi connectivity index (χ1n) is 4.57. The minimum Gasteiger partial charge on any atom is -0.444 e. The van der Waals surface area contributed by atoms with E-state index in [1.165, 1.54) is 0 Å². The second-order valence-corrected chi connectivity index (χ2v) is 4.41. The molecule has 4 nitrogen and oxygen atoms in total. The van der Waals surface area contributed by atoms with Crippen molar-refractivity contribution in [2.75, 3.05) is 13.1 Å². The third kappa shape index (κ3) is 3.22. The van der Waals surface area contributed by atoms with Gasteiger partial charge in [-0.15, -0.1) is 0 Å². The molecule has 1 heterocycles. The summed E-state index contributed by atoms with van der Waals surface area (Å²) in [6.45, 7) is 6.70. The zero-order valence-electron chi connectivity index (χ0n) is 8.46. The van der Waals surface area contributed by atoms with Crippen molar-refractivity contribution >= 4 is 6.09 Å². The Morgan fingerprint density at radius 2 is 2.15 bits per heavy atom. The van der Waals surface area contributed by atoms with Crippen molar-refractivity contribution in [1.82, 2.24) is 4.90 Å². The van der Waals surface area contributed by atoms with Crippen LogP contribution in [0.25, 0.3) is 0 Å². The Labute approximate surface area is 78.5 Å². The maximum absolute atomic E-state index is 11.4. The Hall–Kier alpha value is -0.770. The van der Waals surface area contributed by atoms with Gasteiger partial charge in [-0.05, 0) is 20.8 Å². The van der Waals surface area contributed by atoms with E-state index in [9.17, 15) is 4.79 Å². The average molecular weight is 188 g/mol. The molecule has 0 aromatic rings. The Morgan fingerprint density at radius 1 is 1.54 bits per heavy atom. The smallest absolute Gasteiger partial charge is 0.410 e. The largest absolute Gasteiger partial charge is 0.444 e. The molecule has 1 amide bonds. The van der Waals surface area contributed by atoms with Crippen molar-refractivity contribution < 1.29 is 14.6 Å². The van der Waals surface area contributed by atoms with Crippen LogP contribution < -0.4 is 0 Å². The van der Waals surface area contributed by atoms with Gasteiger partial charge < -0.3 is 9.84 Å². The first-order chi connectivity index (χ1) is 5.88. The minimum atomic E-state index is -0.433. The Bertz CT molecular complexity index is 198. The minimum absolute atomic E-state index is 0.132. The molecular formula is C9H18NO3+. The maximum Gasteiger partial charge on any atom is 0.410 e. The summed E-state index contributed by atoms with van der Waals surface area (Å²) in [6, 6.07) is 0. The van der Waals surface area contributed by atoms with Crippen LogP contribution in [0.2, 0.25) is 0 Å². The van der Waals surface area contributed by atoms with Gasteiger partial charge in [0.05, 0.1) is 6.54 Å². The molecule has 0 aromatic heterocycles. The summed E-state index contributed by atoms with van der Waals surface area (Å²) in [7, 11) is 0. The van der Waals surface area contributed by atoms with Crippen molar-refractivity contribution in [2.45, 2.75) is 38.9 Å². The zero-order valence-corrected chi connectivity index (χ0v) is 8.46. The predicted molar refractivity (Wildman–Crippen MR) is 49.8 cm³/mol. The van der Waals surface area contributed by atoms with Crippen molar-refractivity contribution in [3.63, 3.8) is 0 Å². The Kier molecular flexibility index (Phi) is 2.81.